The number of hydrogen-bond acceptors (Lipinski definition) is 6. The normalized spacial score (nSPS) is 17.9. The Morgan fingerprint density at radius 1 is 1.30 bits per heavy atom. The van der Waals surface area contributed by atoms with Crippen LogP contribution < -0.4 is 5.32 Å². The van der Waals surface area contributed by atoms with Crippen molar-refractivity contribution in [3.63, 3.8) is 0 Å². The lowest BCUT2D eigenvalue weighted by Crippen LogP contribution is -2.47. The van der Waals surface area contributed by atoms with Gasteiger partial charge in [0, 0.05) is 36.8 Å². The quantitative estimate of drug-likeness (QED) is 0.756. The SMILES string of the molecule is C[C@H]1COCCN1CC(=O)Nc1cc2cc(-c3cnn(C)c3)ccc2nn1. The first-order valence-corrected chi connectivity index (χ1v) is 8.96. The van der Waals surface area contributed by atoms with Crippen molar-refractivity contribution in [3.05, 3.63) is 36.7 Å². The van der Waals surface area contributed by atoms with Crippen molar-refractivity contribution < 1.29 is 9.53 Å². The number of fused-ring (bicyclic) bond motifs is 1. The van der Waals surface area contributed by atoms with Gasteiger partial charge in [-0.3, -0.25) is 14.4 Å². The molecule has 1 aliphatic rings. The van der Waals surface area contributed by atoms with E-state index < -0.39 is 0 Å². The van der Waals surface area contributed by atoms with E-state index in [0.29, 0.717) is 25.6 Å². The van der Waals surface area contributed by atoms with Crippen LogP contribution in [0.4, 0.5) is 5.82 Å². The van der Waals surface area contributed by atoms with Gasteiger partial charge < -0.3 is 10.1 Å². The average Bonchev–Trinajstić information content (AvgIpc) is 3.09. The van der Waals surface area contributed by atoms with Crippen LogP contribution in [0.1, 0.15) is 6.92 Å². The maximum atomic E-state index is 12.4. The molecule has 1 fully saturated rings. The summed E-state index contributed by atoms with van der Waals surface area (Å²) in [5.74, 6) is 0.359. The molecule has 8 nitrogen and oxygen atoms in total. The minimum atomic E-state index is -0.0965. The smallest absolute Gasteiger partial charge is 0.239 e. The van der Waals surface area contributed by atoms with Crippen LogP contribution in [0.5, 0.6) is 0 Å². The Kier molecular flexibility index (Phi) is 4.83. The third kappa shape index (κ3) is 3.96. The van der Waals surface area contributed by atoms with Crippen LogP contribution in [0.2, 0.25) is 0 Å². The Morgan fingerprint density at radius 3 is 2.96 bits per heavy atom. The van der Waals surface area contributed by atoms with E-state index in [1.165, 1.54) is 0 Å². The Hall–Kier alpha value is -2.84. The molecule has 4 rings (SSSR count). The van der Waals surface area contributed by atoms with Gasteiger partial charge in [-0.25, -0.2) is 0 Å². The van der Waals surface area contributed by atoms with Crippen molar-refractivity contribution in [2.24, 2.45) is 7.05 Å². The van der Waals surface area contributed by atoms with E-state index in [1.807, 2.05) is 43.7 Å². The number of ether oxygens (including phenoxy) is 1. The number of nitrogens with zero attached hydrogens (tertiary/aromatic N) is 5. The molecule has 1 aromatic carbocycles. The lowest BCUT2D eigenvalue weighted by Gasteiger charge is -2.32. The molecule has 1 N–H and O–H groups in total. The number of benzene rings is 1. The number of morpholine rings is 1. The zero-order valence-corrected chi connectivity index (χ0v) is 15.4. The Balaban J connectivity index is 1.51. The molecule has 0 unspecified atom stereocenters. The molecule has 0 radical (unpaired) electrons. The zero-order valence-electron chi connectivity index (χ0n) is 15.4. The van der Waals surface area contributed by atoms with Crippen molar-refractivity contribution in [2.75, 3.05) is 31.6 Å². The first-order chi connectivity index (χ1) is 13.1. The summed E-state index contributed by atoms with van der Waals surface area (Å²) in [6.07, 6.45) is 3.78. The summed E-state index contributed by atoms with van der Waals surface area (Å²) in [6.45, 7) is 4.44. The molecule has 0 aliphatic carbocycles. The first kappa shape index (κ1) is 17.6. The minimum absolute atomic E-state index is 0.0965. The number of aryl methyl sites for hydroxylation is 1. The fourth-order valence-electron chi connectivity index (χ4n) is 3.22. The predicted octanol–water partition coefficient (Wildman–Crippen LogP) is 1.69. The highest BCUT2D eigenvalue weighted by Crippen LogP contribution is 2.24. The molecule has 140 valence electrons. The summed E-state index contributed by atoms with van der Waals surface area (Å²) >= 11 is 0. The van der Waals surface area contributed by atoms with Gasteiger partial charge in [-0.05, 0) is 30.7 Å². The molecular weight excluding hydrogens is 344 g/mol. The van der Waals surface area contributed by atoms with Crippen molar-refractivity contribution in [3.8, 4) is 11.1 Å². The number of carbonyl (C=O) groups is 1. The van der Waals surface area contributed by atoms with Crippen LogP contribution in [0.3, 0.4) is 0 Å². The number of amides is 1. The van der Waals surface area contributed by atoms with E-state index in [0.717, 1.165) is 28.6 Å². The highest BCUT2D eigenvalue weighted by atomic mass is 16.5. The molecule has 3 heterocycles. The number of nitrogens with one attached hydrogen (secondary N) is 1. The molecule has 3 aromatic rings. The Labute approximate surface area is 157 Å². The monoisotopic (exact) mass is 366 g/mol. The summed E-state index contributed by atoms with van der Waals surface area (Å²) in [7, 11) is 1.89. The zero-order chi connectivity index (χ0) is 18.8. The van der Waals surface area contributed by atoms with Crippen LogP contribution in [0.25, 0.3) is 22.0 Å². The molecule has 2 aromatic heterocycles. The second-order valence-electron chi connectivity index (χ2n) is 6.85. The molecular formula is C19H22N6O2. The number of aromatic nitrogens is 4. The topological polar surface area (TPSA) is 85.2 Å². The maximum absolute atomic E-state index is 12.4. The van der Waals surface area contributed by atoms with Gasteiger partial charge in [0.15, 0.2) is 5.82 Å². The van der Waals surface area contributed by atoms with E-state index in [-0.39, 0.29) is 11.9 Å². The van der Waals surface area contributed by atoms with Crippen LogP contribution in [-0.4, -0.2) is 63.1 Å². The number of anilines is 1. The summed E-state index contributed by atoms with van der Waals surface area (Å²) in [4.78, 5) is 14.5. The first-order valence-electron chi connectivity index (χ1n) is 8.96. The Bertz CT molecular complexity index is 970. The summed E-state index contributed by atoms with van der Waals surface area (Å²) < 4.78 is 7.17. The maximum Gasteiger partial charge on any atom is 0.239 e. The predicted molar refractivity (Wildman–Crippen MR) is 102 cm³/mol. The molecule has 1 saturated heterocycles. The molecule has 0 spiro atoms. The van der Waals surface area contributed by atoms with Crippen molar-refractivity contribution in [1.29, 1.82) is 0 Å². The van der Waals surface area contributed by atoms with Crippen LogP contribution >= 0.6 is 0 Å². The van der Waals surface area contributed by atoms with E-state index >= 15 is 0 Å². The van der Waals surface area contributed by atoms with E-state index in [1.54, 1.807) is 4.68 Å². The van der Waals surface area contributed by atoms with Crippen LogP contribution in [0.15, 0.2) is 36.7 Å². The fourth-order valence-corrected chi connectivity index (χ4v) is 3.22. The van der Waals surface area contributed by atoms with Crippen molar-refractivity contribution in [2.45, 2.75) is 13.0 Å². The minimum Gasteiger partial charge on any atom is -0.379 e. The van der Waals surface area contributed by atoms with Gasteiger partial charge in [0.2, 0.25) is 5.91 Å². The largest absolute Gasteiger partial charge is 0.379 e. The van der Waals surface area contributed by atoms with Crippen molar-refractivity contribution >= 4 is 22.6 Å². The second kappa shape index (κ2) is 7.42. The third-order valence-corrected chi connectivity index (χ3v) is 4.74. The lowest BCUT2D eigenvalue weighted by atomic mass is 10.1. The van der Waals surface area contributed by atoms with Gasteiger partial charge >= 0.3 is 0 Å². The standard InChI is InChI=1S/C19H22N6O2/c1-13-12-27-6-5-25(13)11-19(26)21-18-8-15-7-14(3-4-17(15)22-23-18)16-9-20-24(2)10-16/h3-4,7-10,13H,5-6,11-12H2,1-2H3,(H,21,23,26)/t13-/m0/s1. The van der Waals surface area contributed by atoms with Gasteiger partial charge in [-0.2, -0.15) is 5.10 Å². The number of carbonyl (C=O) groups excluding carboxylic acids is 1. The van der Waals surface area contributed by atoms with Gasteiger partial charge in [0.1, 0.15) is 0 Å². The molecule has 0 bridgehead atoms. The molecule has 27 heavy (non-hydrogen) atoms. The lowest BCUT2D eigenvalue weighted by molar-refractivity contribution is -0.119. The Morgan fingerprint density at radius 2 is 2.19 bits per heavy atom. The van der Waals surface area contributed by atoms with Gasteiger partial charge in [0.05, 0.1) is 31.5 Å². The van der Waals surface area contributed by atoms with Crippen LogP contribution in [0, 0.1) is 0 Å². The molecule has 1 atom stereocenters. The van der Waals surface area contributed by atoms with Gasteiger partial charge in [-0.15, -0.1) is 10.2 Å². The number of rotatable bonds is 4. The highest BCUT2D eigenvalue weighted by Gasteiger charge is 2.21. The number of hydrogen-bond donors (Lipinski definition) is 1. The molecule has 1 amide bonds. The van der Waals surface area contributed by atoms with Crippen LogP contribution in [-0.2, 0) is 16.6 Å². The molecule has 0 saturated carbocycles. The molecule has 1 aliphatic heterocycles. The van der Waals surface area contributed by atoms with Gasteiger partial charge in [0.25, 0.3) is 0 Å². The molecule has 8 heteroatoms. The third-order valence-electron chi connectivity index (χ3n) is 4.74. The average molecular weight is 366 g/mol. The fraction of sp³-hybridized carbons (Fsp3) is 0.368. The summed E-state index contributed by atoms with van der Waals surface area (Å²) in [5, 5.41) is 16.3. The van der Waals surface area contributed by atoms with E-state index in [4.69, 9.17) is 4.74 Å². The second-order valence-corrected chi connectivity index (χ2v) is 6.85. The van der Waals surface area contributed by atoms with E-state index in [9.17, 15) is 4.79 Å². The summed E-state index contributed by atoms with van der Waals surface area (Å²) in [5.41, 5.74) is 2.86. The van der Waals surface area contributed by atoms with E-state index in [2.05, 4.69) is 32.4 Å². The van der Waals surface area contributed by atoms with Gasteiger partial charge in [-0.1, -0.05) is 6.07 Å². The highest BCUT2D eigenvalue weighted by molar-refractivity contribution is 5.93. The van der Waals surface area contributed by atoms with Crippen molar-refractivity contribution in [1.82, 2.24) is 24.9 Å². The summed E-state index contributed by atoms with van der Waals surface area (Å²) in [6, 6.07) is 8.02.